The van der Waals surface area contributed by atoms with E-state index in [4.69, 9.17) is 0 Å². The number of hydrogen-bond donors (Lipinski definition) is 0. The molecule has 3 rings (SSSR count). The summed E-state index contributed by atoms with van der Waals surface area (Å²) in [4.78, 5) is 9.18. The van der Waals surface area contributed by atoms with Gasteiger partial charge in [0, 0.05) is 38.9 Å². The van der Waals surface area contributed by atoms with Crippen LogP contribution in [0.1, 0.15) is 5.56 Å². The summed E-state index contributed by atoms with van der Waals surface area (Å²) in [6.07, 6.45) is 4.94. The van der Waals surface area contributed by atoms with E-state index in [1.807, 2.05) is 18.5 Å². The molecule has 1 aliphatic rings. The maximum Gasteiger partial charge on any atom is 0.0553 e. The van der Waals surface area contributed by atoms with E-state index in [2.05, 4.69) is 51.2 Å². The van der Waals surface area contributed by atoms with Gasteiger partial charge in [-0.1, -0.05) is 30.3 Å². The van der Waals surface area contributed by atoms with Gasteiger partial charge in [0.1, 0.15) is 0 Å². The molecule has 3 heteroatoms. The second-order valence-corrected chi connectivity index (χ2v) is 5.28. The number of piperazine rings is 1. The highest BCUT2D eigenvalue weighted by Gasteiger charge is 2.16. The van der Waals surface area contributed by atoms with Gasteiger partial charge in [-0.25, -0.2) is 0 Å². The summed E-state index contributed by atoms with van der Waals surface area (Å²) in [6, 6.07) is 14.9. The molecule has 20 heavy (non-hydrogen) atoms. The van der Waals surface area contributed by atoms with E-state index in [0.29, 0.717) is 0 Å². The number of aromatic nitrogens is 1. The summed E-state index contributed by atoms with van der Waals surface area (Å²) in [5.74, 6) is 0. The molecule has 0 aliphatic carbocycles. The van der Waals surface area contributed by atoms with Gasteiger partial charge in [-0.2, -0.15) is 0 Å². The number of anilines is 1. The van der Waals surface area contributed by atoms with Crippen molar-refractivity contribution in [3.05, 3.63) is 60.4 Å². The Kier molecular flexibility index (Phi) is 4.28. The average Bonchev–Trinajstić information content (AvgIpc) is 2.55. The maximum atomic E-state index is 4.20. The number of rotatable bonds is 4. The van der Waals surface area contributed by atoms with Crippen molar-refractivity contribution in [2.24, 2.45) is 0 Å². The molecule has 1 aliphatic heterocycles. The minimum absolute atomic E-state index is 1.10. The van der Waals surface area contributed by atoms with Crippen molar-refractivity contribution in [3.8, 4) is 0 Å². The fraction of sp³-hybridized carbons (Fsp3) is 0.353. The van der Waals surface area contributed by atoms with Crippen molar-refractivity contribution in [2.75, 3.05) is 37.6 Å². The van der Waals surface area contributed by atoms with Crippen LogP contribution in [0.25, 0.3) is 0 Å². The Balaban J connectivity index is 1.47. The first-order valence-electron chi connectivity index (χ1n) is 7.33. The van der Waals surface area contributed by atoms with Crippen LogP contribution >= 0.6 is 0 Å². The molecule has 0 unspecified atom stereocenters. The normalized spacial score (nSPS) is 16.3. The summed E-state index contributed by atoms with van der Waals surface area (Å²) in [6.45, 7) is 5.63. The monoisotopic (exact) mass is 267 g/mol. The molecule has 0 atom stereocenters. The van der Waals surface area contributed by atoms with Gasteiger partial charge in [-0.05, 0) is 24.1 Å². The Morgan fingerprint density at radius 2 is 1.70 bits per heavy atom. The van der Waals surface area contributed by atoms with Crippen LogP contribution in [0.3, 0.4) is 0 Å². The van der Waals surface area contributed by atoms with E-state index in [1.54, 1.807) is 0 Å². The van der Waals surface area contributed by atoms with Crippen molar-refractivity contribution in [2.45, 2.75) is 6.42 Å². The van der Waals surface area contributed by atoms with Crippen molar-refractivity contribution in [1.82, 2.24) is 9.88 Å². The van der Waals surface area contributed by atoms with Crippen LogP contribution < -0.4 is 4.90 Å². The fourth-order valence-corrected chi connectivity index (χ4v) is 2.70. The zero-order valence-corrected chi connectivity index (χ0v) is 11.8. The van der Waals surface area contributed by atoms with Crippen LogP contribution in [0.15, 0.2) is 54.9 Å². The molecule has 0 spiro atoms. The third kappa shape index (κ3) is 3.36. The summed E-state index contributed by atoms with van der Waals surface area (Å²) < 4.78 is 0. The van der Waals surface area contributed by atoms with Crippen molar-refractivity contribution >= 4 is 5.69 Å². The Morgan fingerprint density at radius 3 is 2.40 bits per heavy atom. The number of hydrogen-bond acceptors (Lipinski definition) is 3. The van der Waals surface area contributed by atoms with E-state index < -0.39 is 0 Å². The maximum absolute atomic E-state index is 4.20. The lowest BCUT2D eigenvalue weighted by Gasteiger charge is -2.35. The smallest absolute Gasteiger partial charge is 0.0553 e. The quantitative estimate of drug-likeness (QED) is 0.848. The Bertz CT molecular complexity index is 504. The first kappa shape index (κ1) is 13.1. The molecule has 3 nitrogen and oxygen atoms in total. The van der Waals surface area contributed by atoms with E-state index in [1.165, 1.54) is 11.3 Å². The minimum Gasteiger partial charge on any atom is -0.368 e. The molecule has 2 heterocycles. The number of benzene rings is 1. The van der Waals surface area contributed by atoms with E-state index >= 15 is 0 Å². The molecule has 1 aromatic carbocycles. The van der Waals surface area contributed by atoms with Gasteiger partial charge in [0.25, 0.3) is 0 Å². The van der Waals surface area contributed by atoms with Crippen LogP contribution in [0.4, 0.5) is 5.69 Å². The van der Waals surface area contributed by atoms with Crippen molar-refractivity contribution in [1.29, 1.82) is 0 Å². The Hall–Kier alpha value is -1.87. The second-order valence-electron chi connectivity index (χ2n) is 5.28. The summed E-state index contributed by atoms with van der Waals surface area (Å²) in [5.41, 5.74) is 2.68. The van der Waals surface area contributed by atoms with Gasteiger partial charge in [-0.3, -0.25) is 9.88 Å². The zero-order chi connectivity index (χ0) is 13.6. The molecule has 0 amide bonds. The molecule has 0 saturated carbocycles. The molecule has 1 aromatic heterocycles. The average molecular weight is 267 g/mol. The topological polar surface area (TPSA) is 19.4 Å². The first-order valence-corrected chi connectivity index (χ1v) is 7.33. The van der Waals surface area contributed by atoms with Gasteiger partial charge in [0.05, 0.1) is 11.9 Å². The molecule has 2 aromatic rings. The second kappa shape index (κ2) is 6.53. The van der Waals surface area contributed by atoms with E-state index in [9.17, 15) is 0 Å². The highest BCUT2D eigenvalue weighted by Crippen LogP contribution is 2.14. The van der Waals surface area contributed by atoms with Crippen LogP contribution in [0, 0.1) is 0 Å². The first-order chi connectivity index (χ1) is 9.92. The van der Waals surface area contributed by atoms with E-state index in [0.717, 1.165) is 39.1 Å². The molecule has 104 valence electrons. The molecule has 0 N–H and O–H groups in total. The Morgan fingerprint density at radius 1 is 0.900 bits per heavy atom. The molecule has 0 radical (unpaired) electrons. The minimum atomic E-state index is 1.10. The number of nitrogens with zero attached hydrogens (tertiary/aromatic N) is 3. The Labute approximate surface area is 120 Å². The zero-order valence-electron chi connectivity index (χ0n) is 11.8. The lowest BCUT2D eigenvalue weighted by Crippen LogP contribution is -2.47. The van der Waals surface area contributed by atoms with Gasteiger partial charge in [-0.15, -0.1) is 0 Å². The highest BCUT2D eigenvalue weighted by atomic mass is 15.3. The molecule has 1 fully saturated rings. The van der Waals surface area contributed by atoms with Crippen LogP contribution in [-0.2, 0) is 6.42 Å². The van der Waals surface area contributed by atoms with Gasteiger partial charge < -0.3 is 4.90 Å². The summed E-state index contributed by atoms with van der Waals surface area (Å²) in [7, 11) is 0. The molecule has 0 bridgehead atoms. The molecular formula is C17H21N3. The van der Waals surface area contributed by atoms with Gasteiger partial charge in [0.2, 0.25) is 0 Å². The van der Waals surface area contributed by atoms with Crippen LogP contribution in [0.5, 0.6) is 0 Å². The third-order valence-electron chi connectivity index (χ3n) is 3.94. The van der Waals surface area contributed by atoms with Crippen molar-refractivity contribution in [3.63, 3.8) is 0 Å². The molecular weight excluding hydrogens is 246 g/mol. The van der Waals surface area contributed by atoms with Crippen LogP contribution in [-0.4, -0.2) is 42.6 Å². The van der Waals surface area contributed by atoms with E-state index in [-0.39, 0.29) is 0 Å². The van der Waals surface area contributed by atoms with Crippen molar-refractivity contribution < 1.29 is 0 Å². The predicted molar refractivity (Wildman–Crippen MR) is 83.0 cm³/mol. The fourth-order valence-electron chi connectivity index (χ4n) is 2.70. The lowest BCUT2D eigenvalue weighted by atomic mass is 10.1. The lowest BCUT2D eigenvalue weighted by molar-refractivity contribution is 0.261. The largest absolute Gasteiger partial charge is 0.368 e. The number of pyridine rings is 1. The standard InChI is InChI=1S/C17H21N3/c1-2-5-16(6-3-1)8-10-19-11-13-20(14-12-19)17-7-4-9-18-15-17/h1-7,9,15H,8,10-14H2. The van der Waals surface area contributed by atoms with Gasteiger partial charge >= 0.3 is 0 Å². The molecule has 1 saturated heterocycles. The SMILES string of the molecule is c1ccc(CCN2CCN(c3cccnc3)CC2)cc1. The van der Waals surface area contributed by atoms with Gasteiger partial charge in [0.15, 0.2) is 0 Å². The highest BCUT2D eigenvalue weighted by molar-refractivity contribution is 5.44. The van der Waals surface area contributed by atoms with Crippen LogP contribution in [0.2, 0.25) is 0 Å². The predicted octanol–water partition coefficient (Wildman–Crippen LogP) is 2.45. The summed E-state index contributed by atoms with van der Waals surface area (Å²) in [5, 5.41) is 0. The summed E-state index contributed by atoms with van der Waals surface area (Å²) >= 11 is 0. The third-order valence-corrected chi connectivity index (χ3v) is 3.94.